The molecular formula is C27H35F3N4O3. The zero-order chi connectivity index (χ0) is 26.4. The first kappa shape index (κ1) is 26.0. The number of anilines is 1. The molecule has 4 aliphatic rings. The first-order chi connectivity index (χ1) is 17.5. The van der Waals surface area contributed by atoms with E-state index in [1.54, 1.807) is 11.0 Å². The van der Waals surface area contributed by atoms with Crippen molar-refractivity contribution in [2.75, 3.05) is 5.32 Å². The van der Waals surface area contributed by atoms with Gasteiger partial charge in [0, 0.05) is 41.4 Å². The summed E-state index contributed by atoms with van der Waals surface area (Å²) in [5, 5.41) is 8.87. The predicted molar refractivity (Wildman–Crippen MR) is 132 cm³/mol. The number of alkyl halides is 3. The van der Waals surface area contributed by atoms with E-state index >= 15 is 0 Å². The van der Waals surface area contributed by atoms with Crippen LogP contribution in [0, 0.1) is 5.92 Å². The minimum atomic E-state index is -4.26. The normalized spacial score (nSPS) is 29.2. The van der Waals surface area contributed by atoms with Crippen molar-refractivity contribution in [2.24, 2.45) is 5.92 Å². The van der Waals surface area contributed by atoms with Gasteiger partial charge in [0.1, 0.15) is 12.1 Å². The molecule has 10 heteroatoms. The van der Waals surface area contributed by atoms with E-state index in [1.807, 2.05) is 12.1 Å². The lowest BCUT2D eigenvalue weighted by Crippen LogP contribution is -2.52. The molecule has 1 aromatic carbocycles. The lowest BCUT2D eigenvalue weighted by atomic mass is 9.75. The molecule has 0 radical (unpaired) electrons. The van der Waals surface area contributed by atoms with Crippen LogP contribution in [0.25, 0.3) is 0 Å². The molecule has 2 atom stereocenters. The van der Waals surface area contributed by atoms with Crippen molar-refractivity contribution in [3.05, 3.63) is 29.3 Å². The fraction of sp³-hybridized carbons (Fsp3) is 0.667. The zero-order valence-corrected chi connectivity index (χ0v) is 21.1. The van der Waals surface area contributed by atoms with E-state index in [9.17, 15) is 27.6 Å². The summed E-state index contributed by atoms with van der Waals surface area (Å²) in [6.07, 6.45) is 3.53. The van der Waals surface area contributed by atoms with E-state index in [-0.39, 0.29) is 36.4 Å². The van der Waals surface area contributed by atoms with Gasteiger partial charge in [-0.1, -0.05) is 18.9 Å². The Labute approximate surface area is 214 Å². The number of carbonyl (C=O) groups is 3. The molecule has 37 heavy (non-hydrogen) atoms. The summed E-state index contributed by atoms with van der Waals surface area (Å²) in [4.78, 5) is 38.8. The summed E-state index contributed by atoms with van der Waals surface area (Å²) in [7, 11) is 0. The van der Waals surface area contributed by atoms with Gasteiger partial charge in [-0.05, 0) is 69.9 Å². The van der Waals surface area contributed by atoms with Gasteiger partial charge >= 0.3 is 6.18 Å². The highest BCUT2D eigenvalue weighted by Crippen LogP contribution is 2.43. The quantitative estimate of drug-likeness (QED) is 0.446. The lowest BCUT2D eigenvalue weighted by molar-refractivity contribution is -0.154. The number of nitrogens with zero attached hydrogens (tertiary/aromatic N) is 1. The molecule has 5 rings (SSSR count). The molecule has 0 spiro atoms. The van der Waals surface area contributed by atoms with Gasteiger partial charge in [-0.2, -0.15) is 13.2 Å². The third-order valence-corrected chi connectivity index (χ3v) is 8.63. The van der Waals surface area contributed by atoms with Crippen molar-refractivity contribution in [3.8, 4) is 0 Å². The number of hydrogen-bond donors (Lipinski definition) is 3. The maximum atomic E-state index is 13.2. The van der Waals surface area contributed by atoms with Crippen molar-refractivity contribution >= 4 is 23.4 Å². The summed E-state index contributed by atoms with van der Waals surface area (Å²) < 4.78 is 39.2. The first-order valence-corrected chi connectivity index (χ1v) is 13.4. The standard InChI is InChI=1S/C27H35F3N4O3/c1-16(27(28,29)30)31-18-10-13-26(14-11-18,12-9-17-5-6-17)33-21-4-2-3-19-20(21)15-34(25(19)37)22-7-8-23(35)32-24(22)36/h2-4,16-18,22,31,33H,5-15H2,1H3,(H,32,35,36)/t16-,18?,22?,26?/m0/s1. The van der Waals surface area contributed by atoms with Crippen LogP contribution in [0.2, 0.25) is 0 Å². The first-order valence-electron chi connectivity index (χ1n) is 13.4. The number of piperidine rings is 1. The van der Waals surface area contributed by atoms with Crippen molar-refractivity contribution in [2.45, 2.75) is 108 Å². The molecule has 3 N–H and O–H groups in total. The number of nitrogens with one attached hydrogen (secondary N) is 3. The number of hydrogen-bond acceptors (Lipinski definition) is 5. The Kier molecular flexibility index (Phi) is 6.98. The highest BCUT2D eigenvalue weighted by molar-refractivity contribution is 6.06. The second-order valence-corrected chi connectivity index (χ2v) is 11.3. The van der Waals surface area contributed by atoms with Crippen LogP contribution in [0.4, 0.5) is 18.9 Å². The SMILES string of the molecule is C[C@H](NC1CCC(CCC2CC2)(Nc2cccc3c2CN(C2CCC(=O)NC2=O)C3=O)CC1)C(F)(F)F. The zero-order valence-electron chi connectivity index (χ0n) is 21.1. The number of rotatable bonds is 8. The van der Waals surface area contributed by atoms with Crippen molar-refractivity contribution in [3.63, 3.8) is 0 Å². The van der Waals surface area contributed by atoms with Crippen LogP contribution in [0.5, 0.6) is 0 Å². The number of halogens is 3. The molecule has 3 fully saturated rings. The van der Waals surface area contributed by atoms with Gasteiger partial charge in [0.2, 0.25) is 11.8 Å². The summed E-state index contributed by atoms with van der Waals surface area (Å²) in [6, 6.07) is 3.16. The summed E-state index contributed by atoms with van der Waals surface area (Å²) in [5.74, 6) is -0.244. The van der Waals surface area contributed by atoms with Crippen LogP contribution >= 0.6 is 0 Å². The molecular weight excluding hydrogens is 485 g/mol. The van der Waals surface area contributed by atoms with Gasteiger partial charge < -0.3 is 15.5 Å². The Hall–Kier alpha value is -2.62. The fourth-order valence-corrected chi connectivity index (χ4v) is 6.10. The second-order valence-electron chi connectivity index (χ2n) is 11.3. The van der Waals surface area contributed by atoms with Gasteiger partial charge in [0.25, 0.3) is 5.91 Å². The molecule has 2 aliphatic heterocycles. The van der Waals surface area contributed by atoms with Crippen molar-refractivity contribution < 1.29 is 27.6 Å². The fourth-order valence-electron chi connectivity index (χ4n) is 6.10. The number of carbonyl (C=O) groups excluding carboxylic acids is 3. The lowest BCUT2D eigenvalue weighted by Gasteiger charge is -2.43. The number of fused-ring (bicyclic) bond motifs is 1. The molecule has 1 unspecified atom stereocenters. The summed E-state index contributed by atoms with van der Waals surface area (Å²) in [5.41, 5.74) is 2.00. The van der Waals surface area contributed by atoms with Crippen LogP contribution in [0.1, 0.15) is 87.1 Å². The highest BCUT2D eigenvalue weighted by Gasteiger charge is 2.43. The molecule has 0 aromatic heterocycles. The Balaban J connectivity index is 1.32. The molecule has 1 saturated heterocycles. The number of amides is 3. The third-order valence-electron chi connectivity index (χ3n) is 8.63. The molecule has 3 amide bonds. The van der Waals surface area contributed by atoms with Gasteiger partial charge in [-0.25, -0.2) is 0 Å². The van der Waals surface area contributed by atoms with Crippen LogP contribution in [0.15, 0.2) is 18.2 Å². The maximum absolute atomic E-state index is 13.2. The highest BCUT2D eigenvalue weighted by atomic mass is 19.4. The topological polar surface area (TPSA) is 90.5 Å². The molecule has 2 heterocycles. The van der Waals surface area contributed by atoms with Gasteiger partial charge in [0.05, 0.1) is 0 Å². The molecule has 7 nitrogen and oxygen atoms in total. The van der Waals surface area contributed by atoms with Crippen molar-refractivity contribution in [1.29, 1.82) is 0 Å². The minimum Gasteiger partial charge on any atom is -0.379 e. The average Bonchev–Trinajstić information content (AvgIpc) is 3.62. The van der Waals surface area contributed by atoms with Crippen LogP contribution in [-0.4, -0.2) is 52.5 Å². The average molecular weight is 521 g/mol. The molecule has 1 aromatic rings. The van der Waals surface area contributed by atoms with Gasteiger partial charge in [0.15, 0.2) is 0 Å². The van der Waals surface area contributed by atoms with Crippen LogP contribution in [0.3, 0.4) is 0 Å². The van der Waals surface area contributed by atoms with E-state index < -0.39 is 24.2 Å². The molecule has 202 valence electrons. The van der Waals surface area contributed by atoms with E-state index in [1.165, 1.54) is 19.8 Å². The van der Waals surface area contributed by atoms with E-state index in [0.29, 0.717) is 24.8 Å². The monoisotopic (exact) mass is 520 g/mol. The molecule has 2 aliphatic carbocycles. The van der Waals surface area contributed by atoms with Crippen LogP contribution < -0.4 is 16.0 Å². The van der Waals surface area contributed by atoms with E-state index in [0.717, 1.165) is 42.9 Å². The Morgan fingerprint density at radius 3 is 2.49 bits per heavy atom. The molecule has 0 bridgehead atoms. The number of benzene rings is 1. The number of imide groups is 1. The maximum Gasteiger partial charge on any atom is 0.403 e. The van der Waals surface area contributed by atoms with Gasteiger partial charge in [-0.3, -0.25) is 19.7 Å². The van der Waals surface area contributed by atoms with Crippen LogP contribution in [-0.2, 0) is 16.1 Å². The Bertz CT molecular complexity index is 1060. The van der Waals surface area contributed by atoms with Crippen molar-refractivity contribution in [1.82, 2.24) is 15.5 Å². The van der Waals surface area contributed by atoms with Gasteiger partial charge in [-0.15, -0.1) is 0 Å². The summed E-state index contributed by atoms with van der Waals surface area (Å²) >= 11 is 0. The molecule has 2 saturated carbocycles. The smallest absolute Gasteiger partial charge is 0.379 e. The Morgan fingerprint density at radius 1 is 1.11 bits per heavy atom. The summed E-state index contributed by atoms with van der Waals surface area (Å²) in [6.45, 7) is 1.46. The third kappa shape index (κ3) is 5.63. The predicted octanol–water partition coefficient (Wildman–Crippen LogP) is 4.27. The van der Waals surface area contributed by atoms with E-state index in [2.05, 4.69) is 16.0 Å². The largest absolute Gasteiger partial charge is 0.403 e. The Morgan fingerprint density at radius 2 is 1.84 bits per heavy atom. The second kappa shape index (κ2) is 9.93. The van der Waals surface area contributed by atoms with E-state index in [4.69, 9.17) is 0 Å². The minimum absolute atomic E-state index is 0.182.